The summed E-state index contributed by atoms with van der Waals surface area (Å²) in [5.74, 6) is 0.694. The standard InChI is InChI=1S/C19H21NO3/c1-12(2)20-16-11-15(21)8-9-17(16)23-18(19(20)22)10-14-7-5-4-6-13(14)3/h4-9,11-12,18,21H,10H2,1-3H3. The summed E-state index contributed by atoms with van der Waals surface area (Å²) in [4.78, 5) is 14.6. The maximum Gasteiger partial charge on any atom is 0.268 e. The molecule has 23 heavy (non-hydrogen) atoms. The average molecular weight is 311 g/mol. The van der Waals surface area contributed by atoms with Gasteiger partial charge in [-0.1, -0.05) is 24.3 Å². The number of anilines is 1. The van der Waals surface area contributed by atoms with E-state index in [1.807, 2.05) is 45.0 Å². The zero-order valence-electron chi connectivity index (χ0n) is 13.6. The minimum absolute atomic E-state index is 0.00804. The lowest BCUT2D eigenvalue weighted by molar-refractivity contribution is -0.126. The molecule has 1 aliphatic rings. The minimum Gasteiger partial charge on any atom is -0.508 e. The van der Waals surface area contributed by atoms with Crippen molar-refractivity contribution in [3.63, 3.8) is 0 Å². The molecule has 1 amide bonds. The largest absolute Gasteiger partial charge is 0.508 e. The first-order chi connectivity index (χ1) is 11.0. The monoisotopic (exact) mass is 311 g/mol. The first-order valence-electron chi connectivity index (χ1n) is 7.84. The first-order valence-corrected chi connectivity index (χ1v) is 7.84. The van der Waals surface area contributed by atoms with Gasteiger partial charge in [0, 0.05) is 18.5 Å². The number of aromatic hydroxyl groups is 1. The van der Waals surface area contributed by atoms with Crippen LogP contribution in [-0.4, -0.2) is 23.2 Å². The van der Waals surface area contributed by atoms with Gasteiger partial charge in [0.2, 0.25) is 0 Å². The summed E-state index contributed by atoms with van der Waals surface area (Å²) in [6.45, 7) is 5.96. The molecule has 0 saturated heterocycles. The molecule has 4 heteroatoms. The zero-order valence-corrected chi connectivity index (χ0v) is 13.6. The van der Waals surface area contributed by atoms with Gasteiger partial charge in [0.05, 0.1) is 5.69 Å². The Balaban J connectivity index is 1.97. The maximum atomic E-state index is 12.9. The van der Waals surface area contributed by atoms with Crippen molar-refractivity contribution >= 4 is 11.6 Å². The van der Waals surface area contributed by atoms with Crippen molar-refractivity contribution in [2.75, 3.05) is 4.90 Å². The van der Waals surface area contributed by atoms with E-state index in [2.05, 4.69) is 0 Å². The molecule has 0 fully saturated rings. The summed E-state index contributed by atoms with van der Waals surface area (Å²) in [6.07, 6.45) is -0.00904. The van der Waals surface area contributed by atoms with E-state index >= 15 is 0 Å². The van der Waals surface area contributed by atoms with E-state index < -0.39 is 6.10 Å². The van der Waals surface area contributed by atoms with Crippen LogP contribution in [0.2, 0.25) is 0 Å². The lowest BCUT2D eigenvalue weighted by atomic mass is 10.00. The van der Waals surface area contributed by atoms with Gasteiger partial charge in [-0.2, -0.15) is 0 Å². The number of phenols is 1. The van der Waals surface area contributed by atoms with E-state index in [9.17, 15) is 9.90 Å². The fraction of sp³-hybridized carbons (Fsp3) is 0.316. The molecule has 1 N–H and O–H groups in total. The highest BCUT2D eigenvalue weighted by molar-refractivity contribution is 6.00. The number of benzene rings is 2. The number of nitrogens with zero attached hydrogens (tertiary/aromatic N) is 1. The molecule has 0 spiro atoms. The fourth-order valence-corrected chi connectivity index (χ4v) is 2.97. The summed E-state index contributed by atoms with van der Waals surface area (Å²) in [7, 11) is 0. The third-order valence-electron chi connectivity index (χ3n) is 4.17. The van der Waals surface area contributed by atoms with E-state index in [1.165, 1.54) is 0 Å². The number of carbonyl (C=O) groups excluding carboxylic acids is 1. The second-order valence-corrected chi connectivity index (χ2v) is 6.19. The first kappa shape index (κ1) is 15.4. The number of rotatable bonds is 3. The van der Waals surface area contributed by atoms with Gasteiger partial charge in [0.1, 0.15) is 11.5 Å². The Labute approximate surface area is 136 Å². The number of fused-ring (bicyclic) bond motifs is 1. The van der Waals surface area contributed by atoms with Crippen LogP contribution in [0.25, 0.3) is 0 Å². The third kappa shape index (κ3) is 2.89. The SMILES string of the molecule is Cc1ccccc1CC1Oc2ccc(O)cc2N(C(C)C)C1=O. The summed E-state index contributed by atoms with van der Waals surface area (Å²) in [5, 5.41) is 9.72. The maximum absolute atomic E-state index is 12.9. The predicted molar refractivity (Wildman–Crippen MR) is 90.0 cm³/mol. The molecule has 0 bridgehead atoms. The lowest BCUT2D eigenvalue weighted by Gasteiger charge is -2.37. The van der Waals surface area contributed by atoms with Crippen LogP contribution in [0.1, 0.15) is 25.0 Å². The third-order valence-corrected chi connectivity index (χ3v) is 4.17. The van der Waals surface area contributed by atoms with Gasteiger partial charge in [-0.05, 0) is 44.0 Å². The summed E-state index contributed by atoms with van der Waals surface area (Å²) < 4.78 is 5.94. The van der Waals surface area contributed by atoms with Crippen LogP contribution >= 0.6 is 0 Å². The van der Waals surface area contributed by atoms with Crippen molar-refractivity contribution in [3.05, 3.63) is 53.6 Å². The van der Waals surface area contributed by atoms with Crippen molar-refractivity contribution in [2.24, 2.45) is 0 Å². The topological polar surface area (TPSA) is 49.8 Å². The number of hydrogen-bond donors (Lipinski definition) is 1. The van der Waals surface area contributed by atoms with Crippen molar-refractivity contribution < 1.29 is 14.6 Å². The molecule has 2 aromatic rings. The summed E-state index contributed by atoms with van der Waals surface area (Å²) in [6, 6.07) is 12.9. The van der Waals surface area contributed by atoms with E-state index in [-0.39, 0.29) is 17.7 Å². The van der Waals surface area contributed by atoms with Crippen LogP contribution in [0.5, 0.6) is 11.5 Å². The molecule has 4 nitrogen and oxygen atoms in total. The van der Waals surface area contributed by atoms with Gasteiger partial charge in [0.25, 0.3) is 5.91 Å². The van der Waals surface area contributed by atoms with Crippen LogP contribution in [-0.2, 0) is 11.2 Å². The van der Waals surface area contributed by atoms with Gasteiger partial charge < -0.3 is 14.7 Å². The average Bonchev–Trinajstić information content (AvgIpc) is 2.50. The van der Waals surface area contributed by atoms with Crippen LogP contribution in [0.3, 0.4) is 0 Å². The van der Waals surface area contributed by atoms with E-state index in [0.29, 0.717) is 17.9 Å². The Kier molecular flexibility index (Phi) is 3.99. The smallest absolute Gasteiger partial charge is 0.268 e. The van der Waals surface area contributed by atoms with Crippen LogP contribution in [0.4, 0.5) is 5.69 Å². The molecule has 1 atom stereocenters. The number of ether oxygens (including phenoxy) is 1. The molecule has 1 heterocycles. The number of phenolic OH excluding ortho intramolecular Hbond substituents is 1. The second kappa shape index (κ2) is 5.95. The van der Waals surface area contributed by atoms with Crippen LogP contribution < -0.4 is 9.64 Å². The number of amides is 1. The Bertz CT molecular complexity index is 739. The second-order valence-electron chi connectivity index (χ2n) is 6.19. The van der Waals surface area contributed by atoms with E-state index in [1.54, 1.807) is 23.1 Å². The highest BCUT2D eigenvalue weighted by atomic mass is 16.5. The molecule has 1 unspecified atom stereocenters. The van der Waals surface area contributed by atoms with Gasteiger partial charge in [-0.25, -0.2) is 0 Å². The van der Waals surface area contributed by atoms with E-state index in [4.69, 9.17) is 4.74 Å². The molecule has 120 valence electrons. The number of carbonyl (C=O) groups is 1. The Hall–Kier alpha value is -2.49. The van der Waals surface area contributed by atoms with Gasteiger partial charge in [0.15, 0.2) is 6.10 Å². The molecule has 0 aromatic heterocycles. The molecular weight excluding hydrogens is 290 g/mol. The minimum atomic E-state index is -0.546. The fourth-order valence-electron chi connectivity index (χ4n) is 2.97. The predicted octanol–water partition coefficient (Wildman–Crippen LogP) is 3.45. The molecule has 3 rings (SSSR count). The molecule has 0 radical (unpaired) electrons. The van der Waals surface area contributed by atoms with Crippen LogP contribution in [0, 0.1) is 6.92 Å². The van der Waals surface area contributed by atoms with Crippen molar-refractivity contribution in [1.82, 2.24) is 0 Å². The van der Waals surface area contributed by atoms with Crippen LogP contribution in [0.15, 0.2) is 42.5 Å². The quantitative estimate of drug-likeness (QED) is 0.944. The Morgan fingerprint density at radius 3 is 2.65 bits per heavy atom. The normalized spacial score (nSPS) is 17.1. The molecular formula is C19H21NO3. The van der Waals surface area contributed by atoms with Crippen molar-refractivity contribution in [1.29, 1.82) is 0 Å². The van der Waals surface area contributed by atoms with Gasteiger partial charge in [-0.15, -0.1) is 0 Å². The lowest BCUT2D eigenvalue weighted by Crippen LogP contribution is -2.50. The Morgan fingerprint density at radius 1 is 1.22 bits per heavy atom. The molecule has 2 aromatic carbocycles. The Morgan fingerprint density at radius 2 is 1.96 bits per heavy atom. The van der Waals surface area contributed by atoms with Crippen molar-refractivity contribution in [3.8, 4) is 11.5 Å². The number of hydrogen-bond acceptors (Lipinski definition) is 3. The highest BCUT2D eigenvalue weighted by Gasteiger charge is 2.36. The zero-order chi connectivity index (χ0) is 16.6. The van der Waals surface area contributed by atoms with E-state index in [0.717, 1.165) is 11.1 Å². The summed E-state index contributed by atoms with van der Waals surface area (Å²) in [5.41, 5.74) is 2.89. The molecule has 1 aliphatic heterocycles. The molecule has 0 saturated carbocycles. The highest BCUT2D eigenvalue weighted by Crippen LogP contribution is 2.38. The number of aryl methyl sites for hydroxylation is 1. The van der Waals surface area contributed by atoms with Gasteiger partial charge >= 0.3 is 0 Å². The summed E-state index contributed by atoms with van der Waals surface area (Å²) >= 11 is 0. The molecule has 0 aliphatic carbocycles. The van der Waals surface area contributed by atoms with Crippen molar-refractivity contribution in [2.45, 2.75) is 39.3 Å². The van der Waals surface area contributed by atoms with Gasteiger partial charge in [-0.3, -0.25) is 4.79 Å².